The normalized spacial score (nSPS) is 32.6. The molecule has 0 amide bonds. The van der Waals surface area contributed by atoms with Crippen LogP contribution in [0.5, 0.6) is 0 Å². The lowest BCUT2D eigenvalue weighted by molar-refractivity contribution is -0.130. The van der Waals surface area contributed by atoms with Crippen molar-refractivity contribution in [2.45, 2.75) is 51.6 Å². The second kappa shape index (κ2) is 4.74. The van der Waals surface area contributed by atoms with E-state index in [1.165, 1.54) is 0 Å². The third kappa shape index (κ3) is 2.44. The van der Waals surface area contributed by atoms with E-state index in [-0.39, 0.29) is 17.3 Å². The lowest BCUT2D eigenvalue weighted by atomic mass is 9.68. The largest absolute Gasteiger partial charge is 0.393 e. The summed E-state index contributed by atoms with van der Waals surface area (Å²) in [5.74, 6) is 0.284. The van der Waals surface area contributed by atoms with E-state index in [9.17, 15) is 9.90 Å². The van der Waals surface area contributed by atoms with Crippen LogP contribution in [-0.4, -0.2) is 17.0 Å². The highest BCUT2D eigenvalue weighted by Gasteiger charge is 2.37. The lowest BCUT2D eigenvalue weighted by Gasteiger charge is -2.36. The summed E-state index contributed by atoms with van der Waals surface area (Å²) >= 11 is 0. The number of hydrogen-bond donors (Lipinski definition) is 1. The van der Waals surface area contributed by atoms with E-state index in [1.54, 1.807) is 6.92 Å². The number of ketones is 1. The summed E-state index contributed by atoms with van der Waals surface area (Å²) in [6.07, 6.45) is 6.72. The Morgan fingerprint density at radius 3 is 2.57 bits per heavy atom. The summed E-state index contributed by atoms with van der Waals surface area (Å²) in [6, 6.07) is 0. The van der Waals surface area contributed by atoms with Gasteiger partial charge in [-0.25, -0.2) is 0 Å². The van der Waals surface area contributed by atoms with E-state index in [1.807, 2.05) is 6.08 Å². The molecule has 0 heterocycles. The predicted molar refractivity (Wildman–Crippen MR) is 57.0 cm³/mol. The van der Waals surface area contributed by atoms with Crippen molar-refractivity contribution in [3.63, 3.8) is 0 Å². The molecular formula is C12H20O2. The molecule has 1 aliphatic rings. The molecule has 14 heavy (non-hydrogen) atoms. The summed E-state index contributed by atoms with van der Waals surface area (Å²) in [6.45, 7) is 5.37. The molecule has 0 aliphatic heterocycles. The zero-order valence-electron chi connectivity index (χ0n) is 8.96. The first kappa shape index (κ1) is 11.4. The van der Waals surface area contributed by atoms with E-state index < -0.39 is 0 Å². The monoisotopic (exact) mass is 196 g/mol. The molecular weight excluding hydrogens is 176 g/mol. The summed E-state index contributed by atoms with van der Waals surface area (Å²) in [5.41, 5.74) is -0.159. The molecule has 0 aromatic rings. The van der Waals surface area contributed by atoms with Gasteiger partial charge < -0.3 is 5.11 Å². The van der Waals surface area contributed by atoms with Crippen LogP contribution in [-0.2, 0) is 4.79 Å². The molecule has 0 spiro atoms. The van der Waals surface area contributed by atoms with Crippen LogP contribution < -0.4 is 0 Å². The van der Waals surface area contributed by atoms with Crippen molar-refractivity contribution in [3.05, 3.63) is 12.7 Å². The lowest BCUT2D eigenvalue weighted by Crippen LogP contribution is -2.35. The molecule has 0 aromatic heterocycles. The van der Waals surface area contributed by atoms with Crippen LogP contribution >= 0.6 is 0 Å². The maximum atomic E-state index is 11.6. The number of aliphatic hydroxyl groups excluding tert-OH is 1. The Labute approximate surface area is 86.0 Å². The highest BCUT2D eigenvalue weighted by molar-refractivity contribution is 5.82. The smallest absolute Gasteiger partial charge is 0.135 e. The SMILES string of the molecule is C=CCCC1(C(C)=O)CCC(O)CC1. The number of carbonyl (C=O) groups excluding carboxylic acids is 1. The maximum Gasteiger partial charge on any atom is 0.135 e. The first-order valence-corrected chi connectivity index (χ1v) is 5.41. The van der Waals surface area contributed by atoms with Gasteiger partial charge in [-0.3, -0.25) is 4.79 Å². The predicted octanol–water partition coefficient (Wildman–Crippen LogP) is 2.46. The number of Topliss-reactive ketones (excluding diaryl/α,β-unsaturated/α-hetero) is 1. The van der Waals surface area contributed by atoms with Crippen LogP contribution in [0.4, 0.5) is 0 Å². The Morgan fingerprint density at radius 2 is 2.14 bits per heavy atom. The van der Waals surface area contributed by atoms with Gasteiger partial charge in [-0.1, -0.05) is 6.08 Å². The van der Waals surface area contributed by atoms with Crippen molar-refractivity contribution >= 4 is 5.78 Å². The summed E-state index contributed by atoms with van der Waals surface area (Å²) < 4.78 is 0. The molecule has 2 nitrogen and oxygen atoms in total. The molecule has 0 unspecified atom stereocenters. The second-order valence-electron chi connectivity index (χ2n) is 4.40. The average Bonchev–Trinajstić information content (AvgIpc) is 2.17. The fourth-order valence-electron chi connectivity index (χ4n) is 2.31. The maximum absolute atomic E-state index is 11.6. The zero-order chi connectivity index (χ0) is 10.6. The van der Waals surface area contributed by atoms with Crippen molar-refractivity contribution < 1.29 is 9.90 Å². The van der Waals surface area contributed by atoms with Gasteiger partial charge in [0.2, 0.25) is 0 Å². The number of allylic oxidation sites excluding steroid dienone is 1. The van der Waals surface area contributed by atoms with Gasteiger partial charge in [-0.2, -0.15) is 0 Å². The molecule has 0 atom stereocenters. The molecule has 1 fully saturated rings. The van der Waals surface area contributed by atoms with Crippen LogP contribution in [0, 0.1) is 5.41 Å². The minimum Gasteiger partial charge on any atom is -0.393 e. The summed E-state index contributed by atoms with van der Waals surface area (Å²) in [7, 11) is 0. The van der Waals surface area contributed by atoms with Gasteiger partial charge in [0.25, 0.3) is 0 Å². The zero-order valence-corrected chi connectivity index (χ0v) is 8.96. The number of aliphatic hydroxyl groups is 1. The molecule has 1 rings (SSSR count). The second-order valence-corrected chi connectivity index (χ2v) is 4.40. The van der Waals surface area contributed by atoms with E-state index >= 15 is 0 Å². The standard InChI is InChI=1S/C12H20O2/c1-3-4-7-12(10(2)13)8-5-11(14)6-9-12/h3,11,14H,1,4-9H2,2H3. The molecule has 1 N–H and O–H groups in total. The minimum atomic E-state index is -0.189. The summed E-state index contributed by atoms with van der Waals surface area (Å²) in [5, 5.41) is 9.42. The van der Waals surface area contributed by atoms with Crippen LogP contribution in [0.3, 0.4) is 0 Å². The molecule has 0 bridgehead atoms. The fourth-order valence-corrected chi connectivity index (χ4v) is 2.31. The molecule has 0 radical (unpaired) electrons. The first-order chi connectivity index (χ1) is 6.60. The van der Waals surface area contributed by atoms with Gasteiger partial charge in [0.05, 0.1) is 6.10 Å². The van der Waals surface area contributed by atoms with Gasteiger partial charge in [0, 0.05) is 5.41 Å². The Kier molecular flexibility index (Phi) is 3.87. The number of rotatable bonds is 4. The average molecular weight is 196 g/mol. The highest BCUT2D eigenvalue weighted by atomic mass is 16.3. The van der Waals surface area contributed by atoms with Crippen LogP contribution in [0.15, 0.2) is 12.7 Å². The van der Waals surface area contributed by atoms with Crippen molar-refractivity contribution in [1.29, 1.82) is 0 Å². The molecule has 0 aromatic carbocycles. The molecule has 1 aliphatic carbocycles. The Hall–Kier alpha value is -0.630. The van der Waals surface area contributed by atoms with Crippen molar-refractivity contribution in [1.82, 2.24) is 0 Å². The van der Waals surface area contributed by atoms with E-state index in [2.05, 4.69) is 6.58 Å². The van der Waals surface area contributed by atoms with Crippen molar-refractivity contribution in [2.24, 2.45) is 5.41 Å². The summed E-state index contributed by atoms with van der Waals surface area (Å²) in [4.78, 5) is 11.6. The third-order valence-electron chi connectivity index (χ3n) is 3.49. The van der Waals surface area contributed by atoms with Gasteiger partial charge in [0.1, 0.15) is 5.78 Å². The van der Waals surface area contributed by atoms with Crippen LogP contribution in [0.1, 0.15) is 45.4 Å². The third-order valence-corrected chi connectivity index (χ3v) is 3.49. The van der Waals surface area contributed by atoms with Gasteiger partial charge in [-0.15, -0.1) is 6.58 Å². The number of hydrogen-bond acceptors (Lipinski definition) is 2. The van der Waals surface area contributed by atoms with E-state index in [0.717, 1.165) is 38.5 Å². The number of carbonyl (C=O) groups is 1. The van der Waals surface area contributed by atoms with Crippen molar-refractivity contribution in [2.75, 3.05) is 0 Å². The quantitative estimate of drug-likeness (QED) is 0.701. The van der Waals surface area contributed by atoms with E-state index in [4.69, 9.17) is 0 Å². The van der Waals surface area contributed by atoms with Gasteiger partial charge in [-0.05, 0) is 45.4 Å². The topological polar surface area (TPSA) is 37.3 Å². The Morgan fingerprint density at radius 1 is 1.57 bits per heavy atom. The Bertz CT molecular complexity index is 212. The molecule has 0 saturated heterocycles. The molecule has 80 valence electrons. The van der Waals surface area contributed by atoms with Gasteiger partial charge >= 0.3 is 0 Å². The fraction of sp³-hybridized carbons (Fsp3) is 0.750. The Balaban J connectivity index is 2.62. The van der Waals surface area contributed by atoms with Crippen LogP contribution in [0.2, 0.25) is 0 Å². The molecule has 1 saturated carbocycles. The molecule has 2 heteroatoms. The highest BCUT2D eigenvalue weighted by Crippen LogP contribution is 2.41. The minimum absolute atomic E-state index is 0.159. The first-order valence-electron chi connectivity index (χ1n) is 5.41. The van der Waals surface area contributed by atoms with E-state index in [0.29, 0.717) is 0 Å². The van der Waals surface area contributed by atoms with Crippen LogP contribution in [0.25, 0.3) is 0 Å². The van der Waals surface area contributed by atoms with Gasteiger partial charge in [0.15, 0.2) is 0 Å². The van der Waals surface area contributed by atoms with Crippen molar-refractivity contribution in [3.8, 4) is 0 Å².